The zero-order valence-electron chi connectivity index (χ0n) is 8.95. The lowest BCUT2D eigenvalue weighted by Gasteiger charge is -2.09. The van der Waals surface area contributed by atoms with Crippen LogP contribution in [0.4, 0.5) is 0 Å². The normalized spacial score (nSPS) is 13.3. The van der Waals surface area contributed by atoms with Gasteiger partial charge in [0.2, 0.25) is 0 Å². The number of nitrogens with one attached hydrogen (secondary N) is 1. The summed E-state index contributed by atoms with van der Waals surface area (Å²) in [5.74, 6) is 1.89. The second-order valence-corrected chi connectivity index (χ2v) is 4.57. The molecule has 1 atom stereocenters. The number of aryl methyl sites for hydroxylation is 1. The monoisotopic (exact) mass is 221 g/mol. The van der Waals surface area contributed by atoms with Crippen LogP contribution in [0.25, 0.3) is 11.0 Å². The van der Waals surface area contributed by atoms with Crippen LogP contribution >= 0.6 is 11.8 Å². The maximum absolute atomic E-state index is 6.05. The summed E-state index contributed by atoms with van der Waals surface area (Å²) in [7, 11) is 0. The number of thioether (sulfide) groups is 1. The molecule has 1 heterocycles. The van der Waals surface area contributed by atoms with E-state index in [2.05, 4.69) is 28.4 Å². The third-order valence-corrected chi connectivity index (χ3v) is 3.09. The van der Waals surface area contributed by atoms with Crippen LogP contribution in [-0.4, -0.2) is 22.0 Å². The van der Waals surface area contributed by atoms with E-state index in [1.54, 1.807) is 11.8 Å². The molecule has 3 nitrogen and oxygen atoms in total. The Morgan fingerprint density at radius 2 is 2.33 bits per heavy atom. The molecule has 1 aromatic carbocycles. The van der Waals surface area contributed by atoms with E-state index in [1.807, 2.05) is 13.0 Å². The lowest BCUT2D eigenvalue weighted by atomic mass is 10.1. The van der Waals surface area contributed by atoms with Gasteiger partial charge >= 0.3 is 0 Å². The fourth-order valence-corrected chi connectivity index (χ4v) is 2.21. The van der Waals surface area contributed by atoms with Crippen molar-refractivity contribution in [1.82, 2.24) is 9.97 Å². The lowest BCUT2D eigenvalue weighted by Crippen LogP contribution is -2.12. The fraction of sp³-hybridized carbons (Fsp3) is 0.364. The SMILES string of the molecule is CSCC(N)c1ccc2nc(C)[nH]c2c1. The second kappa shape index (κ2) is 4.24. The average molecular weight is 221 g/mol. The smallest absolute Gasteiger partial charge is 0.104 e. The largest absolute Gasteiger partial charge is 0.342 e. The first-order chi connectivity index (χ1) is 7.20. The molecule has 0 spiro atoms. The standard InChI is InChI=1S/C11H15N3S/c1-7-13-10-4-3-8(5-11(10)14-7)9(12)6-15-2/h3-5,9H,6,12H2,1-2H3,(H,13,14). The molecular weight excluding hydrogens is 206 g/mol. The third-order valence-electron chi connectivity index (χ3n) is 2.40. The van der Waals surface area contributed by atoms with E-state index >= 15 is 0 Å². The van der Waals surface area contributed by atoms with Crippen LogP contribution in [0, 0.1) is 6.92 Å². The molecular formula is C11H15N3S. The first kappa shape index (κ1) is 10.5. The molecule has 4 heteroatoms. The highest BCUT2D eigenvalue weighted by Gasteiger charge is 2.07. The summed E-state index contributed by atoms with van der Waals surface area (Å²) in [6.07, 6.45) is 2.07. The summed E-state index contributed by atoms with van der Waals surface area (Å²) in [6.45, 7) is 1.96. The van der Waals surface area contributed by atoms with E-state index < -0.39 is 0 Å². The topological polar surface area (TPSA) is 54.7 Å². The van der Waals surface area contributed by atoms with Crippen molar-refractivity contribution < 1.29 is 0 Å². The quantitative estimate of drug-likeness (QED) is 0.835. The molecule has 2 rings (SSSR count). The van der Waals surface area contributed by atoms with Crippen molar-refractivity contribution in [1.29, 1.82) is 0 Å². The minimum Gasteiger partial charge on any atom is -0.342 e. The minimum atomic E-state index is 0.105. The average Bonchev–Trinajstić information content (AvgIpc) is 2.57. The van der Waals surface area contributed by atoms with Gasteiger partial charge in [-0.25, -0.2) is 4.98 Å². The molecule has 0 saturated heterocycles. The molecule has 15 heavy (non-hydrogen) atoms. The summed E-state index contributed by atoms with van der Waals surface area (Å²) in [5.41, 5.74) is 9.29. The number of fused-ring (bicyclic) bond motifs is 1. The van der Waals surface area contributed by atoms with Crippen LogP contribution in [0.3, 0.4) is 0 Å². The summed E-state index contributed by atoms with van der Waals surface area (Å²) in [4.78, 5) is 7.58. The highest BCUT2D eigenvalue weighted by Crippen LogP contribution is 2.19. The number of imidazole rings is 1. The zero-order chi connectivity index (χ0) is 10.8. The second-order valence-electron chi connectivity index (χ2n) is 3.66. The molecule has 80 valence electrons. The van der Waals surface area contributed by atoms with Crippen molar-refractivity contribution in [2.75, 3.05) is 12.0 Å². The fourth-order valence-electron chi connectivity index (χ4n) is 1.66. The lowest BCUT2D eigenvalue weighted by molar-refractivity contribution is 0.834. The predicted molar refractivity (Wildman–Crippen MR) is 66.1 cm³/mol. The Balaban J connectivity index is 2.37. The van der Waals surface area contributed by atoms with E-state index in [0.717, 1.165) is 22.6 Å². The Bertz CT molecular complexity index is 464. The zero-order valence-corrected chi connectivity index (χ0v) is 9.77. The van der Waals surface area contributed by atoms with Gasteiger partial charge in [-0.1, -0.05) is 6.07 Å². The van der Waals surface area contributed by atoms with Crippen LogP contribution in [-0.2, 0) is 0 Å². The van der Waals surface area contributed by atoms with E-state index in [9.17, 15) is 0 Å². The molecule has 0 amide bonds. The van der Waals surface area contributed by atoms with Gasteiger partial charge in [0.05, 0.1) is 11.0 Å². The van der Waals surface area contributed by atoms with Crippen molar-refractivity contribution in [2.45, 2.75) is 13.0 Å². The number of benzene rings is 1. The van der Waals surface area contributed by atoms with Gasteiger partial charge in [-0.05, 0) is 30.9 Å². The number of nitrogens with two attached hydrogens (primary N) is 1. The van der Waals surface area contributed by atoms with Gasteiger partial charge in [-0.15, -0.1) is 0 Å². The molecule has 0 saturated carbocycles. The van der Waals surface area contributed by atoms with Crippen LogP contribution in [0.1, 0.15) is 17.4 Å². The molecule has 0 radical (unpaired) electrons. The Morgan fingerprint density at radius 3 is 3.07 bits per heavy atom. The Hall–Kier alpha value is -1.00. The highest BCUT2D eigenvalue weighted by atomic mass is 32.2. The number of H-pyrrole nitrogens is 1. The molecule has 0 fully saturated rings. The van der Waals surface area contributed by atoms with Gasteiger partial charge in [-0.2, -0.15) is 11.8 Å². The van der Waals surface area contributed by atoms with Crippen molar-refractivity contribution in [2.24, 2.45) is 5.73 Å². The summed E-state index contributed by atoms with van der Waals surface area (Å²) in [6, 6.07) is 6.28. The number of aromatic amines is 1. The maximum atomic E-state index is 6.05. The predicted octanol–water partition coefficient (Wildman–Crippen LogP) is 2.23. The van der Waals surface area contributed by atoms with Crippen LogP contribution in [0.2, 0.25) is 0 Å². The van der Waals surface area contributed by atoms with Gasteiger partial charge in [0.1, 0.15) is 5.82 Å². The molecule has 0 aliphatic heterocycles. The van der Waals surface area contributed by atoms with Crippen molar-refractivity contribution in [3.63, 3.8) is 0 Å². The number of aromatic nitrogens is 2. The van der Waals surface area contributed by atoms with Gasteiger partial charge in [0, 0.05) is 11.8 Å². The number of nitrogens with zero attached hydrogens (tertiary/aromatic N) is 1. The van der Waals surface area contributed by atoms with Gasteiger partial charge in [-0.3, -0.25) is 0 Å². The molecule has 0 aliphatic rings. The van der Waals surface area contributed by atoms with Crippen molar-refractivity contribution >= 4 is 22.8 Å². The first-order valence-electron chi connectivity index (χ1n) is 4.91. The number of hydrogen-bond donors (Lipinski definition) is 2. The van der Waals surface area contributed by atoms with E-state index in [1.165, 1.54) is 5.56 Å². The van der Waals surface area contributed by atoms with Gasteiger partial charge in [0.25, 0.3) is 0 Å². The Kier molecular flexibility index (Phi) is 2.98. The molecule has 1 aromatic heterocycles. The molecule has 3 N–H and O–H groups in total. The Morgan fingerprint density at radius 1 is 1.53 bits per heavy atom. The number of rotatable bonds is 3. The van der Waals surface area contributed by atoms with E-state index in [0.29, 0.717) is 0 Å². The maximum Gasteiger partial charge on any atom is 0.104 e. The first-order valence-corrected chi connectivity index (χ1v) is 6.31. The van der Waals surface area contributed by atoms with Crippen LogP contribution < -0.4 is 5.73 Å². The van der Waals surface area contributed by atoms with Crippen molar-refractivity contribution in [3.05, 3.63) is 29.6 Å². The third kappa shape index (κ3) is 2.16. The highest BCUT2D eigenvalue weighted by molar-refractivity contribution is 7.98. The molecule has 2 aromatic rings. The van der Waals surface area contributed by atoms with Gasteiger partial charge < -0.3 is 10.7 Å². The van der Waals surface area contributed by atoms with E-state index in [4.69, 9.17) is 5.73 Å². The summed E-state index contributed by atoms with van der Waals surface area (Å²) in [5, 5.41) is 0. The summed E-state index contributed by atoms with van der Waals surface area (Å²) < 4.78 is 0. The van der Waals surface area contributed by atoms with E-state index in [-0.39, 0.29) is 6.04 Å². The van der Waals surface area contributed by atoms with Gasteiger partial charge in [0.15, 0.2) is 0 Å². The van der Waals surface area contributed by atoms with Crippen LogP contribution in [0.15, 0.2) is 18.2 Å². The Labute approximate surface area is 93.5 Å². The molecule has 0 bridgehead atoms. The van der Waals surface area contributed by atoms with Crippen LogP contribution in [0.5, 0.6) is 0 Å². The molecule has 1 unspecified atom stereocenters. The summed E-state index contributed by atoms with van der Waals surface area (Å²) >= 11 is 1.76. The minimum absolute atomic E-state index is 0.105. The van der Waals surface area contributed by atoms with Crippen molar-refractivity contribution in [3.8, 4) is 0 Å². The number of hydrogen-bond acceptors (Lipinski definition) is 3. The molecule has 0 aliphatic carbocycles.